The molecule has 2 rings (SSSR count). The zero-order valence-corrected chi connectivity index (χ0v) is 15.5. The van der Waals surface area contributed by atoms with Crippen LogP contribution in [-0.2, 0) is 0 Å². The van der Waals surface area contributed by atoms with E-state index in [1.165, 1.54) is 6.42 Å². The third-order valence-electron chi connectivity index (χ3n) is 4.38. The van der Waals surface area contributed by atoms with Crippen molar-refractivity contribution in [2.24, 2.45) is 11.3 Å². The molecule has 0 saturated heterocycles. The van der Waals surface area contributed by atoms with E-state index in [9.17, 15) is 0 Å². The van der Waals surface area contributed by atoms with Gasteiger partial charge in [-0.25, -0.2) is 0 Å². The summed E-state index contributed by atoms with van der Waals surface area (Å²) >= 11 is 5.50. The van der Waals surface area contributed by atoms with E-state index in [4.69, 9.17) is 21.7 Å². The van der Waals surface area contributed by atoms with E-state index in [-0.39, 0.29) is 0 Å². The average molecular weight is 337 g/mol. The molecular weight excluding hydrogens is 308 g/mol. The van der Waals surface area contributed by atoms with E-state index >= 15 is 0 Å². The minimum atomic E-state index is 0.360. The van der Waals surface area contributed by atoms with Crippen LogP contribution < -0.4 is 20.1 Å². The van der Waals surface area contributed by atoms with Crippen LogP contribution in [0, 0.1) is 11.3 Å². The van der Waals surface area contributed by atoms with Crippen LogP contribution in [0.4, 0.5) is 5.69 Å². The van der Waals surface area contributed by atoms with Crippen LogP contribution in [0.25, 0.3) is 0 Å². The Morgan fingerprint density at radius 3 is 2.57 bits per heavy atom. The first-order valence-electron chi connectivity index (χ1n) is 8.12. The Kier molecular flexibility index (Phi) is 5.74. The molecule has 0 aliphatic heterocycles. The molecule has 2 N–H and O–H groups in total. The topological polar surface area (TPSA) is 42.5 Å². The fraction of sp³-hybridized carbons (Fsp3) is 0.611. The van der Waals surface area contributed by atoms with Crippen LogP contribution in [0.3, 0.4) is 0 Å². The van der Waals surface area contributed by atoms with Gasteiger partial charge in [0, 0.05) is 12.1 Å². The Bertz CT molecular complexity index is 560. The molecule has 2 unspecified atom stereocenters. The largest absolute Gasteiger partial charge is 0.497 e. The smallest absolute Gasteiger partial charge is 0.171 e. The molecule has 1 aliphatic rings. The van der Waals surface area contributed by atoms with Gasteiger partial charge in [0.15, 0.2) is 5.11 Å². The SMILES string of the molecule is COc1ccc(OC)c(NC(=S)NC2CC(C)CC(C)(C)C2)c1. The molecule has 2 atom stereocenters. The van der Waals surface area contributed by atoms with Crippen LogP contribution in [-0.4, -0.2) is 25.4 Å². The van der Waals surface area contributed by atoms with E-state index in [1.54, 1.807) is 14.2 Å². The summed E-state index contributed by atoms with van der Waals surface area (Å²) < 4.78 is 10.6. The van der Waals surface area contributed by atoms with Crippen molar-refractivity contribution in [2.45, 2.75) is 46.1 Å². The molecule has 4 nitrogen and oxygen atoms in total. The monoisotopic (exact) mass is 336 g/mol. The molecule has 128 valence electrons. The molecule has 0 heterocycles. The summed E-state index contributed by atoms with van der Waals surface area (Å²) in [5.74, 6) is 2.22. The van der Waals surface area contributed by atoms with Gasteiger partial charge in [-0.05, 0) is 54.9 Å². The highest BCUT2D eigenvalue weighted by Crippen LogP contribution is 2.38. The number of methoxy groups -OCH3 is 2. The maximum absolute atomic E-state index is 5.50. The molecule has 1 fully saturated rings. The Labute approximate surface area is 144 Å². The lowest BCUT2D eigenvalue weighted by Crippen LogP contribution is -2.44. The number of hydrogen-bond donors (Lipinski definition) is 2. The summed E-state index contributed by atoms with van der Waals surface area (Å²) in [6.07, 6.45) is 3.56. The van der Waals surface area contributed by atoms with Gasteiger partial charge in [0.25, 0.3) is 0 Å². The molecule has 1 aromatic carbocycles. The van der Waals surface area contributed by atoms with Crippen molar-refractivity contribution in [3.63, 3.8) is 0 Å². The van der Waals surface area contributed by atoms with Crippen molar-refractivity contribution in [2.75, 3.05) is 19.5 Å². The zero-order valence-electron chi connectivity index (χ0n) is 14.7. The Balaban J connectivity index is 2.02. The predicted molar refractivity (Wildman–Crippen MR) is 99.5 cm³/mol. The summed E-state index contributed by atoms with van der Waals surface area (Å²) in [6.45, 7) is 6.98. The standard InChI is InChI=1S/C18H28N2O2S/c1-12-8-13(11-18(2,3)10-12)19-17(23)20-15-9-14(21-4)6-7-16(15)22-5/h6-7,9,12-13H,8,10-11H2,1-5H3,(H2,19,20,23). The van der Waals surface area contributed by atoms with Gasteiger partial charge >= 0.3 is 0 Å². The Hall–Kier alpha value is -1.49. The van der Waals surface area contributed by atoms with Gasteiger partial charge in [-0.3, -0.25) is 0 Å². The lowest BCUT2D eigenvalue weighted by molar-refractivity contribution is 0.162. The first-order chi connectivity index (χ1) is 10.8. The van der Waals surface area contributed by atoms with Crippen molar-refractivity contribution in [1.29, 1.82) is 0 Å². The lowest BCUT2D eigenvalue weighted by atomic mass is 9.71. The fourth-order valence-corrected chi connectivity index (χ4v) is 3.99. The van der Waals surface area contributed by atoms with Gasteiger partial charge in [-0.15, -0.1) is 0 Å². The highest BCUT2D eigenvalue weighted by atomic mass is 32.1. The van der Waals surface area contributed by atoms with Crippen molar-refractivity contribution >= 4 is 23.0 Å². The fourth-order valence-electron chi connectivity index (χ4n) is 3.71. The number of benzene rings is 1. The second-order valence-corrected chi connectivity index (χ2v) is 7.68. The summed E-state index contributed by atoms with van der Waals surface area (Å²) in [7, 11) is 3.29. The number of hydrogen-bond acceptors (Lipinski definition) is 3. The molecule has 0 amide bonds. The third kappa shape index (κ3) is 4.99. The highest BCUT2D eigenvalue weighted by molar-refractivity contribution is 7.80. The van der Waals surface area contributed by atoms with E-state index in [0.29, 0.717) is 22.5 Å². The average Bonchev–Trinajstić information content (AvgIpc) is 2.44. The highest BCUT2D eigenvalue weighted by Gasteiger charge is 2.32. The first-order valence-corrected chi connectivity index (χ1v) is 8.53. The summed E-state index contributed by atoms with van der Waals surface area (Å²) in [6, 6.07) is 6.03. The summed E-state index contributed by atoms with van der Waals surface area (Å²) in [5.41, 5.74) is 1.17. The lowest BCUT2D eigenvalue weighted by Gasteiger charge is -2.39. The van der Waals surface area contributed by atoms with E-state index < -0.39 is 0 Å². The van der Waals surface area contributed by atoms with E-state index in [2.05, 4.69) is 31.4 Å². The van der Waals surface area contributed by atoms with Gasteiger partial charge in [0.1, 0.15) is 11.5 Å². The molecule has 0 aromatic heterocycles. The van der Waals surface area contributed by atoms with Crippen molar-refractivity contribution in [3.05, 3.63) is 18.2 Å². The second-order valence-electron chi connectivity index (χ2n) is 7.27. The van der Waals surface area contributed by atoms with Gasteiger partial charge in [-0.1, -0.05) is 20.8 Å². The number of rotatable bonds is 4. The van der Waals surface area contributed by atoms with E-state index in [0.717, 1.165) is 30.0 Å². The molecule has 23 heavy (non-hydrogen) atoms. The second kappa shape index (κ2) is 7.39. The summed E-state index contributed by atoms with van der Waals surface area (Å²) in [5, 5.41) is 7.34. The predicted octanol–water partition coefficient (Wildman–Crippen LogP) is 4.21. The maximum Gasteiger partial charge on any atom is 0.171 e. The minimum absolute atomic E-state index is 0.360. The first kappa shape index (κ1) is 17.9. The molecule has 0 bridgehead atoms. The molecule has 1 aliphatic carbocycles. The van der Waals surface area contributed by atoms with Crippen LogP contribution >= 0.6 is 12.2 Å². The maximum atomic E-state index is 5.50. The Morgan fingerprint density at radius 1 is 1.22 bits per heavy atom. The van der Waals surface area contributed by atoms with Crippen LogP contribution in [0.15, 0.2) is 18.2 Å². The van der Waals surface area contributed by atoms with Crippen molar-refractivity contribution in [3.8, 4) is 11.5 Å². The summed E-state index contributed by atoms with van der Waals surface area (Å²) in [4.78, 5) is 0. The Morgan fingerprint density at radius 2 is 1.96 bits per heavy atom. The molecule has 0 radical (unpaired) electrons. The minimum Gasteiger partial charge on any atom is -0.497 e. The molecule has 0 spiro atoms. The van der Waals surface area contributed by atoms with Gasteiger partial charge in [0.2, 0.25) is 0 Å². The van der Waals surface area contributed by atoms with Gasteiger partial charge in [-0.2, -0.15) is 0 Å². The van der Waals surface area contributed by atoms with Crippen LogP contribution in [0.5, 0.6) is 11.5 Å². The van der Waals surface area contributed by atoms with Crippen molar-refractivity contribution < 1.29 is 9.47 Å². The number of thiocarbonyl (C=S) groups is 1. The molecule has 1 aromatic rings. The van der Waals surface area contributed by atoms with Gasteiger partial charge < -0.3 is 20.1 Å². The number of ether oxygens (including phenoxy) is 2. The number of anilines is 1. The number of nitrogens with one attached hydrogen (secondary N) is 2. The normalized spacial score (nSPS) is 23.0. The molecule has 1 saturated carbocycles. The van der Waals surface area contributed by atoms with E-state index in [1.807, 2.05) is 18.2 Å². The molecular formula is C18H28N2O2S. The van der Waals surface area contributed by atoms with Crippen LogP contribution in [0.1, 0.15) is 40.0 Å². The quantitative estimate of drug-likeness (QED) is 0.807. The zero-order chi connectivity index (χ0) is 17.0. The van der Waals surface area contributed by atoms with Crippen molar-refractivity contribution in [1.82, 2.24) is 5.32 Å². The van der Waals surface area contributed by atoms with Crippen LogP contribution in [0.2, 0.25) is 0 Å². The third-order valence-corrected chi connectivity index (χ3v) is 4.60. The molecule has 5 heteroatoms. The van der Waals surface area contributed by atoms with Gasteiger partial charge in [0.05, 0.1) is 19.9 Å².